The first kappa shape index (κ1) is 18.2. The summed E-state index contributed by atoms with van der Waals surface area (Å²) in [5, 5.41) is 9.26. The number of rotatable bonds is 3. The largest absolute Gasteiger partial charge is 0.478 e. The van der Waals surface area contributed by atoms with Crippen molar-refractivity contribution in [3.05, 3.63) is 52.8 Å². The Labute approximate surface area is 153 Å². The molecule has 0 radical (unpaired) electrons. The predicted octanol–water partition coefficient (Wildman–Crippen LogP) is 1.69. The van der Waals surface area contributed by atoms with Crippen molar-refractivity contribution in [3.63, 3.8) is 0 Å². The monoisotopic (exact) mass is 370 g/mol. The molecule has 2 aliphatic rings. The summed E-state index contributed by atoms with van der Waals surface area (Å²) < 4.78 is 10.1. The van der Waals surface area contributed by atoms with Crippen molar-refractivity contribution in [1.82, 2.24) is 0 Å². The van der Waals surface area contributed by atoms with E-state index in [9.17, 15) is 29.1 Å². The quantitative estimate of drug-likeness (QED) is 0.630. The summed E-state index contributed by atoms with van der Waals surface area (Å²) in [5.41, 5.74) is -0.331. The second-order valence-corrected chi connectivity index (χ2v) is 6.07. The minimum absolute atomic E-state index is 0.0186. The zero-order chi connectivity index (χ0) is 19.9. The first-order valence-corrected chi connectivity index (χ1v) is 7.95. The van der Waals surface area contributed by atoms with Crippen molar-refractivity contribution < 1.29 is 38.6 Å². The van der Waals surface area contributed by atoms with Crippen LogP contribution in [0.25, 0.3) is 0 Å². The fraction of sp³-hybridized carbons (Fsp3) is 0.211. The molecule has 0 unspecified atom stereocenters. The highest BCUT2D eigenvalue weighted by atomic mass is 16.5. The lowest BCUT2D eigenvalue weighted by atomic mass is 9.70. The molecule has 138 valence electrons. The highest BCUT2D eigenvalue weighted by Gasteiger charge is 2.47. The van der Waals surface area contributed by atoms with E-state index in [1.165, 1.54) is 24.3 Å². The van der Waals surface area contributed by atoms with E-state index >= 15 is 0 Å². The molecule has 0 fully saturated rings. The Bertz CT molecular complexity index is 966. The van der Waals surface area contributed by atoms with E-state index in [0.717, 1.165) is 19.9 Å². The van der Waals surface area contributed by atoms with Crippen molar-refractivity contribution >= 4 is 29.5 Å². The summed E-state index contributed by atoms with van der Waals surface area (Å²) in [5.74, 6) is -6.53. The van der Waals surface area contributed by atoms with Crippen LogP contribution in [0.15, 0.2) is 41.7 Å². The average Bonchev–Trinajstić information content (AvgIpc) is 2.57. The number of ketones is 2. The van der Waals surface area contributed by atoms with E-state index < -0.39 is 41.3 Å². The standard InChI is InChI=1S/C19H14O8/c1-8(20)26-13-5-3-4-11-15(13)18(23)16-12(17(11)22)6-10(19(24)25)7-14(16)27-9(2)21/h3-7,12,16H,1-2H3,(H,24,25)/t12-,16-/m1/s1. The molecule has 27 heavy (non-hydrogen) atoms. The Morgan fingerprint density at radius 2 is 1.67 bits per heavy atom. The Morgan fingerprint density at radius 3 is 2.26 bits per heavy atom. The summed E-state index contributed by atoms with van der Waals surface area (Å²) >= 11 is 0. The lowest BCUT2D eigenvalue weighted by Crippen LogP contribution is -2.40. The van der Waals surface area contributed by atoms with Crippen LogP contribution in [-0.2, 0) is 19.1 Å². The zero-order valence-electron chi connectivity index (χ0n) is 14.3. The number of carbonyl (C=O) groups excluding carboxylic acids is 4. The van der Waals surface area contributed by atoms with Crippen LogP contribution in [0.2, 0.25) is 0 Å². The van der Waals surface area contributed by atoms with Gasteiger partial charge in [0.25, 0.3) is 0 Å². The van der Waals surface area contributed by atoms with Gasteiger partial charge in [0, 0.05) is 19.4 Å². The van der Waals surface area contributed by atoms with E-state index in [1.807, 2.05) is 0 Å². The smallest absolute Gasteiger partial charge is 0.335 e. The Balaban J connectivity index is 2.19. The molecule has 1 aromatic rings. The molecular weight excluding hydrogens is 356 g/mol. The number of fused-ring (bicyclic) bond motifs is 2. The SMILES string of the molecule is CC(=O)OC1=CC(C(=O)O)=C[C@H]2C(=O)c3cccc(OC(C)=O)c3C(=O)[C@@H]12. The van der Waals surface area contributed by atoms with Gasteiger partial charge in [-0.25, -0.2) is 4.79 Å². The van der Waals surface area contributed by atoms with Gasteiger partial charge in [0.2, 0.25) is 0 Å². The van der Waals surface area contributed by atoms with Crippen molar-refractivity contribution in [1.29, 1.82) is 0 Å². The van der Waals surface area contributed by atoms with Gasteiger partial charge in [-0.15, -0.1) is 0 Å². The third-order valence-electron chi connectivity index (χ3n) is 4.21. The maximum Gasteiger partial charge on any atom is 0.335 e. The molecule has 0 saturated carbocycles. The molecule has 0 amide bonds. The minimum atomic E-state index is -1.32. The number of hydrogen-bond donors (Lipinski definition) is 1. The molecule has 0 spiro atoms. The molecule has 1 N–H and O–H groups in total. The molecule has 8 nitrogen and oxygen atoms in total. The molecule has 8 heteroatoms. The van der Waals surface area contributed by atoms with E-state index in [0.29, 0.717) is 0 Å². The van der Waals surface area contributed by atoms with Crippen LogP contribution < -0.4 is 4.74 Å². The molecule has 0 aromatic heterocycles. The molecule has 1 aromatic carbocycles. The highest BCUT2D eigenvalue weighted by Crippen LogP contribution is 2.42. The summed E-state index contributed by atoms with van der Waals surface area (Å²) in [7, 11) is 0. The first-order valence-electron chi connectivity index (χ1n) is 7.95. The first-order chi connectivity index (χ1) is 12.7. The normalized spacial score (nSPS) is 20.7. The van der Waals surface area contributed by atoms with Crippen molar-refractivity contribution in [2.45, 2.75) is 13.8 Å². The van der Waals surface area contributed by atoms with Gasteiger partial charge >= 0.3 is 17.9 Å². The third-order valence-corrected chi connectivity index (χ3v) is 4.21. The summed E-state index contributed by atoms with van der Waals surface area (Å²) in [6.07, 6.45) is 2.22. The highest BCUT2D eigenvalue weighted by molar-refractivity contribution is 6.19. The van der Waals surface area contributed by atoms with Gasteiger partial charge in [0.05, 0.1) is 23.0 Å². The number of esters is 2. The van der Waals surface area contributed by atoms with Crippen molar-refractivity contribution in [2.75, 3.05) is 0 Å². The van der Waals surface area contributed by atoms with Gasteiger partial charge < -0.3 is 14.6 Å². The van der Waals surface area contributed by atoms with E-state index in [2.05, 4.69) is 0 Å². The fourth-order valence-corrected chi connectivity index (χ4v) is 3.23. The number of allylic oxidation sites excluding steroid dienone is 2. The van der Waals surface area contributed by atoms with Gasteiger partial charge in [0.1, 0.15) is 11.5 Å². The van der Waals surface area contributed by atoms with Gasteiger partial charge in [-0.1, -0.05) is 18.2 Å². The fourth-order valence-electron chi connectivity index (χ4n) is 3.23. The van der Waals surface area contributed by atoms with Crippen molar-refractivity contribution in [3.8, 4) is 5.75 Å². The maximum atomic E-state index is 13.1. The molecule has 0 bridgehead atoms. The Kier molecular flexibility index (Phi) is 4.49. The van der Waals surface area contributed by atoms with Gasteiger partial charge in [-0.3, -0.25) is 19.2 Å². The lowest BCUT2D eigenvalue weighted by Gasteiger charge is -2.32. The number of ether oxygens (including phenoxy) is 2. The van der Waals surface area contributed by atoms with Crippen LogP contribution in [0, 0.1) is 11.8 Å². The summed E-state index contributed by atoms with van der Waals surface area (Å²) in [6.45, 7) is 2.26. The second-order valence-electron chi connectivity index (χ2n) is 6.07. The molecule has 0 heterocycles. The van der Waals surface area contributed by atoms with Gasteiger partial charge in [-0.2, -0.15) is 0 Å². The Hall–Kier alpha value is -3.55. The van der Waals surface area contributed by atoms with Crippen molar-refractivity contribution in [2.24, 2.45) is 11.8 Å². The number of benzene rings is 1. The molecule has 0 aliphatic heterocycles. The predicted molar refractivity (Wildman–Crippen MR) is 89.0 cm³/mol. The zero-order valence-corrected chi connectivity index (χ0v) is 14.3. The maximum absolute atomic E-state index is 13.1. The van der Waals surface area contributed by atoms with Gasteiger partial charge in [0.15, 0.2) is 11.6 Å². The van der Waals surface area contributed by atoms with Crippen LogP contribution in [0.4, 0.5) is 0 Å². The summed E-state index contributed by atoms with van der Waals surface area (Å²) in [6, 6.07) is 4.23. The second kappa shape index (κ2) is 6.64. The number of aliphatic carboxylic acids is 1. The number of carbonyl (C=O) groups is 5. The molecule has 2 atom stereocenters. The number of carboxylic acid groups (broad SMARTS) is 1. The number of carboxylic acids is 1. The average molecular weight is 370 g/mol. The molecular formula is C19H14O8. The van der Waals surface area contributed by atoms with Crippen LogP contribution >= 0.6 is 0 Å². The van der Waals surface area contributed by atoms with Crippen LogP contribution in [0.1, 0.15) is 34.6 Å². The van der Waals surface area contributed by atoms with Crippen LogP contribution in [0.5, 0.6) is 5.75 Å². The minimum Gasteiger partial charge on any atom is -0.478 e. The number of hydrogen-bond acceptors (Lipinski definition) is 7. The number of Topliss-reactive ketones (excluding diaryl/α,β-unsaturated/α-hetero) is 2. The molecule has 3 rings (SSSR count). The molecule has 0 saturated heterocycles. The third kappa shape index (κ3) is 3.17. The Morgan fingerprint density at radius 1 is 1.00 bits per heavy atom. The van der Waals surface area contributed by atoms with E-state index in [-0.39, 0.29) is 28.2 Å². The topological polar surface area (TPSA) is 124 Å². The van der Waals surface area contributed by atoms with Crippen LogP contribution in [-0.4, -0.2) is 34.6 Å². The summed E-state index contributed by atoms with van der Waals surface area (Å²) in [4.78, 5) is 60.2. The van der Waals surface area contributed by atoms with Crippen LogP contribution in [0.3, 0.4) is 0 Å². The molecule has 2 aliphatic carbocycles. The van der Waals surface area contributed by atoms with E-state index in [1.54, 1.807) is 0 Å². The lowest BCUT2D eigenvalue weighted by molar-refractivity contribution is -0.138. The van der Waals surface area contributed by atoms with Gasteiger partial charge in [-0.05, 0) is 12.1 Å². The van der Waals surface area contributed by atoms with E-state index in [4.69, 9.17) is 9.47 Å².